The van der Waals surface area contributed by atoms with Crippen molar-refractivity contribution in [2.24, 2.45) is 17.8 Å². The number of nitrogens with one attached hydrogen (secondary N) is 1. The fraction of sp³-hybridized carbons (Fsp3) is 0.692. The summed E-state index contributed by atoms with van der Waals surface area (Å²) >= 11 is 0. The van der Waals surface area contributed by atoms with Gasteiger partial charge in [-0.1, -0.05) is 30.3 Å². The molecule has 4 fully saturated rings. The first kappa shape index (κ1) is 21.0. The van der Waals surface area contributed by atoms with E-state index in [1.165, 1.54) is 38.8 Å². The molecule has 5 heteroatoms. The van der Waals surface area contributed by atoms with Gasteiger partial charge >= 0.3 is 0 Å². The highest BCUT2D eigenvalue weighted by Crippen LogP contribution is 2.45. The third kappa shape index (κ3) is 4.67. The number of likely N-dealkylation sites (tertiary alicyclic amines) is 1. The van der Waals surface area contributed by atoms with E-state index in [-0.39, 0.29) is 11.8 Å². The van der Waals surface area contributed by atoms with Crippen LogP contribution < -0.4 is 5.32 Å². The molecule has 4 atom stereocenters. The number of piperidine rings is 3. The molecule has 4 aliphatic rings. The minimum Gasteiger partial charge on any atom is -0.352 e. The van der Waals surface area contributed by atoms with E-state index >= 15 is 0 Å². The molecule has 3 aliphatic heterocycles. The molecule has 168 valence electrons. The van der Waals surface area contributed by atoms with Crippen molar-refractivity contribution >= 4 is 11.8 Å². The second kappa shape index (κ2) is 9.32. The van der Waals surface area contributed by atoms with Crippen LogP contribution >= 0.6 is 0 Å². The van der Waals surface area contributed by atoms with Crippen LogP contribution in [0.5, 0.6) is 0 Å². The molecule has 1 aromatic rings. The topological polar surface area (TPSA) is 52.7 Å². The number of benzene rings is 1. The summed E-state index contributed by atoms with van der Waals surface area (Å²) in [4.78, 5) is 30.7. The quantitative estimate of drug-likeness (QED) is 0.729. The Morgan fingerprint density at radius 3 is 2.55 bits per heavy atom. The number of amides is 2. The van der Waals surface area contributed by atoms with Crippen molar-refractivity contribution < 1.29 is 9.59 Å². The molecule has 5 nitrogen and oxygen atoms in total. The lowest BCUT2D eigenvalue weighted by Crippen LogP contribution is -2.65. The molecule has 3 saturated heterocycles. The predicted octanol–water partition coefficient (Wildman–Crippen LogP) is 3.58. The first-order valence-electron chi connectivity index (χ1n) is 12.6. The minimum atomic E-state index is 0.126. The van der Waals surface area contributed by atoms with Crippen LogP contribution in [0.4, 0.5) is 0 Å². The molecule has 0 aromatic heterocycles. The lowest BCUT2D eigenvalue weighted by Gasteiger charge is -2.57. The summed E-state index contributed by atoms with van der Waals surface area (Å²) < 4.78 is 0. The molecule has 31 heavy (non-hydrogen) atoms. The number of carbonyl (C=O) groups is 2. The molecule has 0 unspecified atom stereocenters. The summed E-state index contributed by atoms with van der Waals surface area (Å²) in [5, 5.41) is 3.06. The number of hydrogen-bond donors (Lipinski definition) is 1. The molecule has 5 rings (SSSR count). The molecular weight excluding hydrogens is 386 g/mol. The average molecular weight is 424 g/mol. The molecule has 1 saturated carbocycles. The largest absolute Gasteiger partial charge is 0.352 e. The van der Waals surface area contributed by atoms with Gasteiger partial charge in [0.25, 0.3) is 0 Å². The number of carbonyl (C=O) groups excluding carboxylic acids is 2. The Morgan fingerprint density at radius 1 is 1.00 bits per heavy atom. The van der Waals surface area contributed by atoms with E-state index in [1.807, 2.05) is 30.3 Å². The molecule has 3 heterocycles. The first-order valence-corrected chi connectivity index (χ1v) is 12.6. The highest BCUT2D eigenvalue weighted by molar-refractivity contribution is 5.81. The van der Waals surface area contributed by atoms with Crippen molar-refractivity contribution in [3.8, 4) is 0 Å². The summed E-state index contributed by atoms with van der Waals surface area (Å²) in [6.45, 7) is 4.03. The van der Waals surface area contributed by atoms with E-state index < -0.39 is 0 Å². The molecular formula is C26H37N3O2. The van der Waals surface area contributed by atoms with Gasteiger partial charge in [-0.05, 0) is 81.9 Å². The second-order valence-electron chi connectivity index (χ2n) is 10.2. The maximum Gasteiger partial charge on any atom is 0.225 e. The fourth-order valence-corrected chi connectivity index (χ4v) is 6.54. The van der Waals surface area contributed by atoms with Crippen molar-refractivity contribution in [1.29, 1.82) is 0 Å². The summed E-state index contributed by atoms with van der Waals surface area (Å²) in [6, 6.07) is 11.1. The van der Waals surface area contributed by atoms with Gasteiger partial charge < -0.3 is 10.2 Å². The summed E-state index contributed by atoms with van der Waals surface area (Å²) in [6.07, 6.45) is 9.62. The maximum absolute atomic E-state index is 13.2. The van der Waals surface area contributed by atoms with Gasteiger partial charge in [-0.25, -0.2) is 0 Å². The van der Waals surface area contributed by atoms with E-state index in [0.29, 0.717) is 42.8 Å². The SMILES string of the molecule is O=C(CCC[C@@H]1[C@H]2CCCN3CCC[C@@H](CN1C(=O)C1CC1)[C@@H]23)NCc1ccccc1. The van der Waals surface area contributed by atoms with E-state index in [4.69, 9.17) is 0 Å². The fourth-order valence-electron chi connectivity index (χ4n) is 6.54. The first-order chi connectivity index (χ1) is 15.2. The lowest BCUT2D eigenvalue weighted by atomic mass is 9.69. The Morgan fingerprint density at radius 2 is 1.77 bits per heavy atom. The summed E-state index contributed by atoms with van der Waals surface area (Å²) in [7, 11) is 0. The molecule has 0 spiro atoms. The van der Waals surface area contributed by atoms with Crippen molar-refractivity contribution in [3.05, 3.63) is 35.9 Å². The molecule has 2 amide bonds. The van der Waals surface area contributed by atoms with Crippen LogP contribution in [0, 0.1) is 17.8 Å². The Bertz CT molecular complexity index is 776. The van der Waals surface area contributed by atoms with Crippen molar-refractivity contribution in [2.75, 3.05) is 19.6 Å². The van der Waals surface area contributed by atoms with E-state index in [9.17, 15) is 9.59 Å². The Hall–Kier alpha value is -1.88. The zero-order valence-corrected chi connectivity index (χ0v) is 18.7. The van der Waals surface area contributed by atoms with Crippen LogP contribution in [-0.2, 0) is 16.1 Å². The Kier molecular flexibility index (Phi) is 6.31. The normalized spacial score (nSPS) is 30.5. The van der Waals surface area contributed by atoms with Gasteiger partial charge in [-0.15, -0.1) is 0 Å². The third-order valence-electron chi connectivity index (χ3n) is 8.12. The summed E-state index contributed by atoms with van der Waals surface area (Å²) in [5.41, 5.74) is 1.13. The van der Waals surface area contributed by atoms with Crippen LogP contribution in [0.1, 0.15) is 63.4 Å². The molecule has 1 aliphatic carbocycles. The van der Waals surface area contributed by atoms with Gasteiger partial charge in [0.05, 0.1) is 0 Å². The van der Waals surface area contributed by atoms with Crippen LogP contribution in [0.3, 0.4) is 0 Å². The van der Waals surface area contributed by atoms with Gasteiger partial charge in [-0.3, -0.25) is 14.5 Å². The van der Waals surface area contributed by atoms with Gasteiger partial charge in [0, 0.05) is 37.5 Å². The molecule has 1 N–H and O–H groups in total. The van der Waals surface area contributed by atoms with Crippen molar-refractivity contribution in [2.45, 2.75) is 76.4 Å². The maximum atomic E-state index is 13.2. The highest BCUT2D eigenvalue weighted by atomic mass is 16.2. The zero-order valence-electron chi connectivity index (χ0n) is 18.7. The highest BCUT2D eigenvalue weighted by Gasteiger charge is 2.50. The molecule has 0 bridgehead atoms. The van der Waals surface area contributed by atoms with Crippen molar-refractivity contribution in [1.82, 2.24) is 15.1 Å². The predicted molar refractivity (Wildman–Crippen MR) is 121 cm³/mol. The Labute approximate surface area is 186 Å². The van der Waals surface area contributed by atoms with Crippen LogP contribution in [0.15, 0.2) is 30.3 Å². The van der Waals surface area contributed by atoms with E-state index in [0.717, 1.165) is 37.8 Å². The minimum absolute atomic E-state index is 0.126. The van der Waals surface area contributed by atoms with Gasteiger partial charge in [0.2, 0.25) is 11.8 Å². The van der Waals surface area contributed by atoms with Gasteiger partial charge in [0.1, 0.15) is 0 Å². The monoisotopic (exact) mass is 423 g/mol. The second-order valence-corrected chi connectivity index (χ2v) is 10.2. The van der Waals surface area contributed by atoms with Crippen molar-refractivity contribution in [3.63, 3.8) is 0 Å². The van der Waals surface area contributed by atoms with Gasteiger partial charge in [-0.2, -0.15) is 0 Å². The van der Waals surface area contributed by atoms with Crippen LogP contribution in [-0.4, -0.2) is 53.3 Å². The number of nitrogens with zero attached hydrogens (tertiary/aromatic N) is 2. The molecule has 1 aromatic carbocycles. The lowest BCUT2D eigenvalue weighted by molar-refractivity contribution is -0.147. The molecule has 0 radical (unpaired) electrons. The average Bonchev–Trinajstić information content (AvgIpc) is 3.65. The number of rotatable bonds is 7. The van der Waals surface area contributed by atoms with E-state index in [1.54, 1.807) is 0 Å². The number of hydrogen-bond acceptors (Lipinski definition) is 3. The van der Waals surface area contributed by atoms with Crippen LogP contribution in [0.2, 0.25) is 0 Å². The van der Waals surface area contributed by atoms with Gasteiger partial charge in [0.15, 0.2) is 0 Å². The zero-order chi connectivity index (χ0) is 21.2. The summed E-state index contributed by atoms with van der Waals surface area (Å²) in [5.74, 6) is 2.09. The van der Waals surface area contributed by atoms with E-state index in [2.05, 4.69) is 15.1 Å². The smallest absolute Gasteiger partial charge is 0.225 e. The third-order valence-corrected chi connectivity index (χ3v) is 8.12. The van der Waals surface area contributed by atoms with Crippen LogP contribution in [0.25, 0.3) is 0 Å². The standard InChI is InChI=1S/C26H37N3O2/c30-24(27-17-19-7-2-1-3-8-19)12-4-11-23-22-10-6-16-28-15-5-9-21(25(22)28)18-29(23)26(31)20-13-14-20/h1-3,7-8,20-23,25H,4-6,9-18H2,(H,27,30)/t21-,22+,23+,25-/m0/s1. The Balaban J connectivity index is 1.21.